The van der Waals surface area contributed by atoms with Gasteiger partial charge in [0.1, 0.15) is 23.4 Å². The van der Waals surface area contributed by atoms with Crippen LogP contribution in [0.1, 0.15) is 23.0 Å². The van der Waals surface area contributed by atoms with Gasteiger partial charge in [-0.3, -0.25) is 0 Å². The average molecular weight is 318 g/mol. The van der Waals surface area contributed by atoms with Crippen LogP contribution >= 0.6 is 11.6 Å². The van der Waals surface area contributed by atoms with Crippen LogP contribution in [0.25, 0.3) is 11.3 Å². The maximum atomic E-state index is 13.0. The molecule has 1 heterocycles. The fourth-order valence-electron chi connectivity index (χ4n) is 2.36. The number of aliphatic hydroxyl groups excluding tert-OH is 1. The van der Waals surface area contributed by atoms with E-state index in [0.717, 1.165) is 0 Å². The number of hydrogen-bond donors (Lipinski definition) is 1. The van der Waals surface area contributed by atoms with Crippen molar-refractivity contribution in [2.45, 2.75) is 13.0 Å². The summed E-state index contributed by atoms with van der Waals surface area (Å²) in [7, 11) is 0. The molecule has 0 fully saturated rings. The van der Waals surface area contributed by atoms with Gasteiger partial charge in [0.2, 0.25) is 0 Å². The van der Waals surface area contributed by atoms with E-state index in [2.05, 4.69) is 5.16 Å². The van der Waals surface area contributed by atoms with Crippen LogP contribution in [0.5, 0.6) is 0 Å². The lowest BCUT2D eigenvalue weighted by molar-refractivity contribution is 0.218. The van der Waals surface area contributed by atoms with Crippen LogP contribution < -0.4 is 0 Å². The summed E-state index contributed by atoms with van der Waals surface area (Å²) < 4.78 is 18.3. The van der Waals surface area contributed by atoms with E-state index in [4.69, 9.17) is 16.1 Å². The van der Waals surface area contributed by atoms with Crippen LogP contribution in [0.15, 0.2) is 53.1 Å². The molecule has 3 aromatic rings. The van der Waals surface area contributed by atoms with Crippen LogP contribution in [-0.2, 0) is 0 Å². The lowest BCUT2D eigenvalue weighted by Crippen LogP contribution is -2.02. The highest BCUT2D eigenvalue weighted by molar-refractivity contribution is 6.33. The van der Waals surface area contributed by atoms with Crippen LogP contribution in [0, 0.1) is 12.7 Å². The van der Waals surface area contributed by atoms with E-state index in [1.165, 1.54) is 24.3 Å². The Bertz CT molecular complexity index is 799. The van der Waals surface area contributed by atoms with Gasteiger partial charge in [-0.2, -0.15) is 0 Å². The minimum atomic E-state index is -0.974. The minimum absolute atomic E-state index is 0.357. The molecule has 0 bridgehead atoms. The highest BCUT2D eigenvalue weighted by atomic mass is 35.5. The van der Waals surface area contributed by atoms with Crippen molar-refractivity contribution in [3.63, 3.8) is 0 Å². The Kier molecular flexibility index (Phi) is 3.96. The molecule has 0 saturated carbocycles. The normalized spacial score (nSPS) is 12.4. The first kappa shape index (κ1) is 14.8. The van der Waals surface area contributed by atoms with Crippen LogP contribution in [0.4, 0.5) is 4.39 Å². The Hall–Kier alpha value is -2.17. The number of aliphatic hydroxyl groups is 1. The molecule has 0 saturated heterocycles. The molecule has 0 aliphatic carbocycles. The van der Waals surface area contributed by atoms with E-state index in [1.54, 1.807) is 19.1 Å². The van der Waals surface area contributed by atoms with E-state index in [0.29, 0.717) is 33.2 Å². The van der Waals surface area contributed by atoms with Gasteiger partial charge in [0, 0.05) is 5.56 Å². The number of hydrogen-bond acceptors (Lipinski definition) is 3. The third-order valence-electron chi connectivity index (χ3n) is 3.50. The van der Waals surface area contributed by atoms with E-state index in [-0.39, 0.29) is 5.82 Å². The average Bonchev–Trinajstić information content (AvgIpc) is 2.89. The molecule has 1 atom stereocenters. The number of halogens is 2. The Labute approximate surface area is 132 Å². The monoisotopic (exact) mass is 317 g/mol. The van der Waals surface area contributed by atoms with Gasteiger partial charge in [-0.1, -0.05) is 47.1 Å². The summed E-state index contributed by atoms with van der Waals surface area (Å²) in [5.41, 5.74) is 2.25. The molecular formula is C17H13ClFNO2. The second-order valence-corrected chi connectivity index (χ2v) is 5.34. The number of aromatic nitrogens is 1. The minimum Gasteiger partial charge on any atom is -0.383 e. The molecule has 5 heteroatoms. The molecule has 0 unspecified atom stereocenters. The van der Waals surface area contributed by atoms with Gasteiger partial charge in [-0.25, -0.2) is 4.39 Å². The first-order chi connectivity index (χ1) is 10.6. The summed E-state index contributed by atoms with van der Waals surface area (Å²) in [5, 5.41) is 15.2. The lowest BCUT2D eigenvalue weighted by atomic mass is 9.97. The molecule has 0 aliphatic heterocycles. The highest BCUT2D eigenvalue weighted by Crippen LogP contribution is 2.36. The fraction of sp³-hybridized carbons (Fsp3) is 0.118. The van der Waals surface area contributed by atoms with Crippen molar-refractivity contribution in [2.24, 2.45) is 0 Å². The van der Waals surface area contributed by atoms with Crippen molar-refractivity contribution < 1.29 is 14.0 Å². The number of rotatable bonds is 3. The maximum Gasteiger partial charge on any atom is 0.140 e. The second kappa shape index (κ2) is 5.91. The van der Waals surface area contributed by atoms with Crippen LogP contribution in [-0.4, -0.2) is 10.3 Å². The first-order valence-corrected chi connectivity index (χ1v) is 7.10. The molecule has 3 nitrogen and oxygen atoms in total. The SMILES string of the molecule is Cc1onc(-c2ccccc2Cl)c1[C@H](O)c1ccc(F)cc1. The third-order valence-corrected chi connectivity index (χ3v) is 3.83. The molecule has 2 aromatic carbocycles. The molecule has 0 amide bonds. The molecule has 1 N–H and O–H groups in total. The van der Waals surface area contributed by atoms with Crippen molar-refractivity contribution in [3.8, 4) is 11.3 Å². The largest absolute Gasteiger partial charge is 0.383 e. The zero-order valence-electron chi connectivity index (χ0n) is 11.8. The van der Waals surface area contributed by atoms with Crippen molar-refractivity contribution in [1.29, 1.82) is 0 Å². The smallest absolute Gasteiger partial charge is 0.140 e. The summed E-state index contributed by atoms with van der Waals surface area (Å²) in [4.78, 5) is 0. The number of aryl methyl sites for hydroxylation is 1. The molecule has 0 radical (unpaired) electrons. The first-order valence-electron chi connectivity index (χ1n) is 6.72. The van der Waals surface area contributed by atoms with E-state index >= 15 is 0 Å². The predicted octanol–water partition coefficient (Wildman–Crippen LogP) is 4.52. The molecule has 1 aromatic heterocycles. The molecule has 0 spiro atoms. The Morgan fingerprint density at radius 1 is 1.14 bits per heavy atom. The van der Waals surface area contributed by atoms with E-state index in [9.17, 15) is 9.50 Å². The molecule has 112 valence electrons. The third kappa shape index (κ3) is 2.63. The Morgan fingerprint density at radius 3 is 2.50 bits per heavy atom. The second-order valence-electron chi connectivity index (χ2n) is 4.93. The summed E-state index contributed by atoms with van der Waals surface area (Å²) in [6.07, 6.45) is -0.974. The quantitative estimate of drug-likeness (QED) is 0.772. The van der Waals surface area contributed by atoms with Crippen LogP contribution in [0.3, 0.4) is 0 Å². The van der Waals surface area contributed by atoms with E-state index < -0.39 is 6.10 Å². The standard InChI is InChI=1S/C17H13ClFNO2/c1-10-15(17(21)11-6-8-12(19)9-7-11)16(20-22-10)13-4-2-3-5-14(13)18/h2-9,17,21H,1H3/t17-/m1/s1. The number of benzene rings is 2. The lowest BCUT2D eigenvalue weighted by Gasteiger charge is -2.12. The Morgan fingerprint density at radius 2 is 1.82 bits per heavy atom. The van der Waals surface area contributed by atoms with Crippen molar-refractivity contribution >= 4 is 11.6 Å². The number of nitrogens with zero attached hydrogens (tertiary/aromatic N) is 1. The van der Waals surface area contributed by atoms with Crippen LogP contribution in [0.2, 0.25) is 5.02 Å². The fourth-order valence-corrected chi connectivity index (χ4v) is 2.59. The summed E-state index contributed by atoms with van der Waals surface area (Å²) in [6, 6.07) is 12.9. The van der Waals surface area contributed by atoms with Gasteiger partial charge < -0.3 is 9.63 Å². The molecular weight excluding hydrogens is 305 g/mol. The topological polar surface area (TPSA) is 46.3 Å². The van der Waals surface area contributed by atoms with E-state index in [1.807, 2.05) is 12.1 Å². The summed E-state index contributed by atoms with van der Waals surface area (Å²) in [6.45, 7) is 1.72. The summed E-state index contributed by atoms with van der Waals surface area (Å²) in [5.74, 6) is 0.135. The van der Waals surface area contributed by atoms with Crippen molar-refractivity contribution in [3.05, 3.63) is 76.3 Å². The van der Waals surface area contributed by atoms with Crippen molar-refractivity contribution in [1.82, 2.24) is 5.16 Å². The van der Waals surface area contributed by atoms with Gasteiger partial charge in [0.25, 0.3) is 0 Å². The van der Waals surface area contributed by atoms with Gasteiger partial charge in [-0.05, 0) is 30.7 Å². The molecule has 3 rings (SSSR count). The van der Waals surface area contributed by atoms with Gasteiger partial charge in [0.15, 0.2) is 0 Å². The van der Waals surface area contributed by atoms with Gasteiger partial charge in [0.05, 0.1) is 10.6 Å². The van der Waals surface area contributed by atoms with Gasteiger partial charge in [-0.15, -0.1) is 0 Å². The Balaban J connectivity index is 2.10. The highest BCUT2D eigenvalue weighted by Gasteiger charge is 2.24. The predicted molar refractivity (Wildman–Crippen MR) is 82.1 cm³/mol. The summed E-state index contributed by atoms with van der Waals surface area (Å²) >= 11 is 6.20. The zero-order valence-corrected chi connectivity index (χ0v) is 12.5. The zero-order chi connectivity index (χ0) is 15.7. The maximum absolute atomic E-state index is 13.0. The molecule has 22 heavy (non-hydrogen) atoms. The molecule has 0 aliphatic rings. The van der Waals surface area contributed by atoms with Gasteiger partial charge >= 0.3 is 0 Å². The van der Waals surface area contributed by atoms with Crippen molar-refractivity contribution in [2.75, 3.05) is 0 Å².